The highest BCUT2D eigenvalue weighted by atomic mass is 19.1. The van der Waals surface area contributed by atoms with Crippen molar-refractivity contribution in [1.29, 1.82) is 0 Å². The third-order valence-corrected chi connectivity index (χ3v) is 2.79. The Morgan fingerprint density at radius 1 is 1.05 bits per heavy atom. The van der Waals surface area contributed by atoms with Gasteiger partial charge in [-0.15, -0.1) is 0 Å². The van der Waals surface area contributed by atoms with Gasteiger partial charge in [-0.1, -0.05) is 12.1 Å². The van der Waals surface area contributed by atoms with Gasteiger partial charge in [-0.2, -0.15) is 0 Å². The molecule has 4 heteroatoms. The van der Waals surface area contributed by atoms with Crippen LogP contribution in [0.4, 0.5) is 4.39 Å². The molecule has 0 fully saturated rings. The molecule has 0 aliphatic heterocycles. The molecule has 0 heterocycles. The van der Waals surface area contributed by atoms with Crippen molar-refractivity contribution in [2.45, 2.75) is 0 Å². The quantitative estimate of drug-likeness (QED) is 0.791. The molecule has 3 nitrogen and oxygen atoms in total. The van der Waals surface area contributed by atoms with Crippen LogP contribution in [0.2, 0.25) is 0 Å². The van der Waals surface area contributed by atoms with Crippen molar-refractivity contribution in [3.05, 3.63) is 47.8 Å². The first kappa shape index (κ1) is 13.1. The van der Waals surface area contributed by atoms with Crippen LogP contribution in [0.25, 0.3) is 11.1 Å². The van der Waals surface area contributed by atoms with Crippen molar-refractivity contribution in [1.82, 2.24) is 0 Å². The number of carbonyl (C=O) groups excluding carboxylic acids is 1. The number of ether oxygens (including phenoxy) is 2. The van der Waals surface area contributed by atoms with Gasteiger partial charge in [0.15, 0.2) is 11.5 Å². The summed E-state index contributed by atoms with van der Waals surface area (Å²) < 4.78 is 23.5. The number of aldehydes is 1. The van der Waals surface area contributed by atoms with Gasteiger partial charge in [0, 0.05) is 11.1 Å². The average molecular weight is 260 g/mol. The van der Waals surface area contributed by atoms with E-state index < -0.39 is 0 Å². The van der Waals surface area contributed by atoms with Crippen LogP contribution in [-0.4, -0.2) is 20.5 Å². The fourth-order valence-corrected chi connectivity index (χ4v) is 1.90. The monoisotopic (exact) mass is 260 g/mol. The Labute approximate surface area is 110 Å². The lowest BCUT2D eigenvalue weighted by atomic mass is 10.0. The van der Waals surface area contributed by atoms with Gasteiger partial charge < -0.3 is 9.47 Å². The largest absolute Gasteiger partial charge is 0.493 e. The van der Waals surface area contributed by atoms with E-state index >= 15 is 0 Å². The van der Waals surface area contributed by atoms with Crippen molar-refractivity contribution < 1.29 is 18.7 Å². The number of methoxy groups -OCH3 is 2. The molecule has 0 aliphatic rings. The molecule has 2 aromatic rings. The standard InChI is InChI=1S/C15H13FO3/c1-18-14-8-10(9-17)7-13(15(14)19-2)11-3-5-12(16)6-4-11/h3-9H,1-2H3. The molecule has 0 atom stereocenters. The lowest BCUT2D eigenvalue weighted by molar-refractivity contribution is 0.112. The minimum absolute atomic E-state index is 0.318. The first-order valence-corrected chi connectivity index (χ1v) is 5.66. The van der Waals surface area contributed by atoms with E-state index in [9.17, 15) is 9.18 Å². The summed E-state index contributed by atoms with van der Waals surface area (Å²) in [4.78, 5) is 11.0. The molecule has 0 saturated heterocycles. The maximum Gasteiger partial charge on any atom is 0.168 e. The second kappa shape index (κ2) is 5.52. The minimum atomic E-state index is -0.318. The number of halogens is 1. The van der Waals surface area contributed by atoms with Gasteiger partial charge in [0.25, 0.3) is 0 Å². The predicted octanol–water partition coefficient (Wildman–Crippen LogP) is 3.32. The normalized spacial score (nSPS) is 10.1. The maximum absolute atomic E-state index is 13.0. The Hall–Kier alpha value is -2.36. The topological polar surface area (TPSA) is 35.5 Å². The average Bonchev–Trinajstić information content (AvgIpc) is 2.46. The zero-order valence-electron chi connectivity index (χ0n) is 10.6. The molecule has 0 saturated carbocycles. The van der Waals surface area contributed by atoms with Crippen LogP contribution in [-0.2, 0) is 0 Å². The van der Waals surface area contributed by atoms with Crippen LogP contribution in [0.1, 0.15) is 10.4 Å². The van der Waals surface area contributed by atoms with E-state index in [0.29, 0.717) is 22.6 Å². The number of carbonyl (C=O) groups is 1. The number of rotatable bonds is 4. The van der Waals surface area contributed by atoms with Crippen LogP contribution < -0.4 is 9.47 Å². The summed E-state index contributed by atoms with van der Waals surface area (Å²) in [5.41, 5.74) is 1.90. The van der Waals surface area contributed by atoms with Gasteiger partial charge in [0.1, 0.15) is 12.1 Å². The van der Waals surface area contributed by atoms with E-state index in [1.54, 1.807) is 24.3 Å². The van der Waals surface area contributed by atoms with Crippen LogP contribution in [0, 0.1) is 5.82 Å². The van der Waals surface area contributed by atoms with Crippen molar-refractivity contribution in [3.63, 3.8) is 0 Å². The third kappa shape index (κ3) is 2.57. The summed E-state index contributed by atoms with van der Waals surface area (Å²) >= 11 is 0. The summed E-state index contributed by atoms with van der Waals surface area (Å²) in [6, 6.07) is 9.24. The summed E-state index contributed by atoms with van der Waals surface area (Å²) in [6.07, 6.45) is 0.731. The summed E-state index contributed by atoms with van der Waals surface area (Å²) in [5.74, 6) is 0.660. The van der Waals surface area contributed by atoms with Crippen molar-refractivity contribution >= 4 is 6.29 Å². The molecular weight excluding hydrogens is 247 g/mol. The SMILES string of the molecule is COc1cc(C=O)cc(-c2ccc(F)cc2)c1OC. The zero-order valence-corrected chi connectivity index (χ0v) is 10.6. The molecule has 0 bridgehead atoms. The van der Waals surface area contributed by atoms with Crippen molar-refractivity contribution in [2.24, 2.45) is 0 Å². The summed E-state index contributed by atoms with van der Waals surface area (Å²) in [5, 5.41) is 0. The molecule has 2 aromatic carbocycles. The van der Waals surface area contributed by atoms with E-state index in [1.807, 2.05) is 0 Å². The molecule has 0 radical (unpaired) electrons. The van der Waals surface area contributed by atoms with Gasteiger partial charge in [-0.25, -0.2) is 4.39 Å². The van der Waals surface area contributed by atoms with Gasteiger partial charge in [0.05, 0.1) is 14.2 Å². The van der Waals surface area contributed by atoms with E-state index in [0.717, 1.165) is 11.8 Å². The van der Waals surface area contributed by atoms with Crippen LogP contribution >= 0.6 is 0 Å². The highest BCUT2D eigenvalue weighted by Crippen LogP contribution is 2.38. The predicted molar refractivity (Wildman–Crippen MR) is 70.3 cm³/mol. The molecule has 98 valence electrons. The molecule has 2 rings (SSSR count). The first-order chi connectivity index (χ1) is 9.19. The molecule has 0 aromatic heterocycles. The number of hydrogen-bond donors (Lipinski definition) is 0. The van der Waals surface area contributed by atoms with Gasteiger partial charge >= 0.3 is 0 Å². The van der Waals surface area contributed by atoms with Gasteiger partial charge in [-0.05, 0) is 29.8 Å². The molecule has 0 amide bonds. The van der Waals surface area contributed by atoms with Gasteiger partial charge in [0.2, 0.25) is 0 Å². The Bertz CT molecular complexity index is 591. The van der Waals surface area contributed by atoms with Crippen LogP contribution in [0.5, 0.6) is 11.5 Å². The fourth-order valence-electron chi connectivity index (χ4n) is 1.90. The lowest BCUT2D eigenvalue weighted by Gasteiger charge is -2.13. The first-order valence-electron chi connectivity index (χ1n) is 5.66. The van der Waals surface area contributed by atoms with Crippen molar-refractivity contribution in [3.8, 4) is 22.6 Å². The minimum Gasteiger partial charge on any atom is -0.493 e. The number of benzene rings is 2. The zero-order chi connectivity index (χ0) is 13.8. The van der Waals surface area contributed by atoms with E-state index in [4.69, 9.17) is 9.47 Å². The molecule has 0 N–H and O–H groups in total. The van der Waals surface area contributed by atoms with Crippen LogP contribution in [0.3, 0.4) is 0 Å². The van der Waals surface area contributed by atoms with E-state index in [1.165, 1.54) is 26.4 Å². The van der Waals surface area contributed by atoms with E-state index in [2.05, 4.69) is 0 Å². The second-order valence-electron chi connectivity index (χ2n) is 3.93. The smallest absolute Gasteiger partial charge is 0.168 e. The van der Waals surface area contributed by atoms with Gasteiger partial charge in [-0.3, -0.25) is 4.79 Å². The molecule has 0 aliphatic carbocycles. The molecule has 19 heavy (non-hydrogen) atoms. The Kier molecular flexibility index (Phi) is 3.80. The maximum atomic E-state index is 13.0. The van der Waals surface area contributed by atoms with Crippen molar-refractivity contribution in [2.75, 3.05) is 14.2 Å². The van der Waals surface area contributed by atoms with E-state index in [-0.39, 0.29) is 5.82 Å². The molecular formula is C15H13FO3. The highest BCUT2D eigenvalue weighted by molar-refractivity contribution is 5.84. The Balaban J connectivity index is 2.65. The summed E-state index contributed by atoms with van der Waals surface area (Å²) in [7, 11) is 3.02. The highest BCUT2D eigenvalue weighted by Gasteiger charge is 2.14. The lowest BCUT2D eigenvalue weighted by Crippen LogP contribution is -1.96. The molecule has 0 spiro atoms. The second-order valence-corrected chi connectivity index (χ2v) is 3.93. The Morgan fingerprint density at radius 3 is 2.26 bits per heavy atom. The summed E-state index contributed by atoms with van der Waals surface area (Å²) in [6.45, 7) is 0. The number of hydrogen-bond acceptors (Lipinski definition) is 3. The van der Waals surface area contributed by atoms with Crippen LogP contribution in [0.15, 0.2) is 36.4 Å². The third-order valence-electron chi connectivity index (χ3n) is 2.79. The Morgan fingerprint density at radius 2 is 1.74 bits per heavy atom. The fraction of sp³-hybridized carbons (Fsp3) is 0.133. The molecule has 0 unspecified atom stereocenters.